The standard InChI is InChI=1S/C10H18O2/c11-7-3-6-10(12)8-9-4-1-2-5-9/h9,11H,1-8H2. The monoisotopic (exact) mass is 170 g/mol. The minimum Gasteiger partial charge on any atom is -0.396 e. The predicted molar refractivity (Wildman–Crippen MR) is 47.9 cm³/mol. The summed E-state index contributed by atoms with van der Waals surface area (Å²) in [6.07, 6.45) is 7.07. The van der Waals surface area contributed by atoms with Crippen LogP contribution in [0.2, 0.25) is 0 Å². The summed E-state index contributed by atoms with van der Waals surface area (Å²) < 4.78 is 0. The molecule has 2 nitrogen and oxygen atoms in total. The molecular weight excluding hydrogens is 152 g/mol. The largest absolute Gasteiger partial charge is 0.396 e. The molecule has 0 unspecified atom stereocenters. The smallest absolute Gasteiger partial charge is 0.133 e. The molecule has 0 amide bonds. The van der Waals surface area contributed by atoms with Gasteiger partial charge >= 0.3 is 0 Å². The van der Waals surface area contributed by atoms with E-state index in [4.69, 9.17) is 5.11 Å². The molecule has 0 spiro atoms. The van der Waals surface area contributed by atoms with E-state index in [0.717, 1.165) is 6.42 Å². The maximum absolute atomic E-state index is 11.2. The average Bonchev–Trinajstić information content (AvgIpc) is 2.53. The zero-order valence-corrected chi connectivity index (χ0v) is 7.59. The first-order valence-electron chi connectivity index (χ1n) is 4.95. The lowest BCUT2D eigenvalue weighted by molar-refractivity contribution is -0.120. The van der Waals surface area contributed by atoms with Gasteiger partial charge in [0.05, 0.1) is 0 Å². The highest BCUT2D eigenvalue weighted by Gasteiger charge is 2.17. The lowest BCUT2D eigenvalue weighted by atomic mass is 9.99. The van der Waals surface area contributed by atoms with Crippen LogP contribution in [-0.4, -0.2) is 17.5 Å². The Morgan fingerprint density at radius 2 is 2.00 bits per heavy atom. The van der Waals surface area contributed by atoms with E-state index in [2.05, 4.69) is 0 Å². The van der Waals surface area contributed by atoms with E-state index in [0.29, 0.717) is 24.5 Å². The molecule has 1 rings (SSSR count). The molecule has 70 valence electrons. The summed E-state index contributed by atoms with van der Waals surface area (Å²) >= 11 is 0. The van der Waals surface area contributed by atoms with Crippen LogP contribution >= 0.6 is 0 Å². The number of ketones is 1. The van der Waals surface area contributed by atoms with Gasteiger partial charge in [0.25, 0.3) is 0 Å². The van der Waals surface area contributed by atoms with Crippen LogP contribution in [0.5, 0.6) is 0 Å². The summed E-state index contributed by atoms with van der Waals surface area (Å²) in [5.41, 5.74) is 0. The van der Waals surface area contributed by atoms with E-state index in [1.165, 1.54) is 25.7 Å². The number of hydrogen-bond acceptors (Lipinski definition) is 2. The van der Waals surface area contributed by atoms with Crippen molar-refractivity contribution in [3.63, 3.8) is 0 Å². The first kappa shape index (κ1) is 9.72. The van der Waals surface area contributed by atoms with Gasteiger partial charge in [-0.05, 0) is 12.3 Å². The number of carbonyl (C=O) groups is 1. The Balaban J connectivity index is 2.08. The third kappa shape index (κ3) is 3.35. The van der Waals surface area contributed by atoms with Crippen molar-refractivity contribution in [1.29, 1.82) is 0 Å². The number of hydrogen-bond donors (Lipinski definition) is 1. The fraction of sp³-hybridized carbons (Fsp3) is 0.900. The molecule has 1 aliphatic carbocycles. The lowest BCUT2D eigenvalue weighted by Crippen LogP contribution is -2.05. The topological polar surface area (TPSA) is 37.3 Å². The van der Waals surface area contributed by atoms with Crippen molar-refractivity contribution in [3.05, 3.63) is 0 Å². The fourth-order valence-electron chi connectivity index (χ4n) is 1.91. The second-order valence-electron chi connectivity index (χ2n) is 3.72. The van der Waals surface area contributed by atoms with Crippen molar-refractivity contribution < 1.29 is 9.90 Å². The highest BCUT2D eigenvalue weighted by molar-refractivity contribution is 5.78. The number of aliphatic hydroxyl groups is 1. The minimum atomic E-state index is 0.149. The van der Waals surface area contributed by atoms with Crippen molar-refractivity contribution in [1.82, 2.24) is 0 Å². The van der Waals surface area contributed by atoms with E-state index in [1.54, 1.807) is 0 Å². The normalized spacial score (nSPS) is 18.4. The molecule has 0 aliphatic heterocycles. The Kier molecular flexibility index (Phi) is 4.30. The SMILES string of the molecule is O=C(CCCO)CC1CCCC1. The predicted octanol–water partition coefficient (Wildman–Crippen LogP) is 1.91. The van der Waals surface area contributed by atoms with Crippen molar-refractivity contribution in [2.24, 2.45) is 5.92 Å². The van der Waals surface area contributed by atoms with Gasteiger partial charge in [0.2, 0.25) is 0 Å². The van der Waals surface area contributed by atoms with Crippen LogP contribution in [0.1, 0.15) is 44.9 Å². The molecule has 0 aromatic carbocycles. The summed E-state index contributed by atoms with van der Waals surface area (Å²) in [5.74, 6) is 1.01. The lowest BCUT2D eigenvalue weighted by Gasteiger charge is -2.06. The van der Waals surface area contributed by atoms with E-state index in [9.17, 15) is 4.79 Å². The zero-order valence-electron chi connectivity index (χ0n) is 7.59. The Morgan fingerprint density at radius 3 is 2.58 bits per heavy atom. The first-order chi connectivity index (χ1) is 5.83. The van der Waals surface area contributed by atoms with Crippen molar-refractivity contribution in [3.8, 4) is 0 Å². The van der Waals surface area contributed by atoms with Crippen LogP contribution in [0, 0.1) is 5.92 Å². The Labute approximate surface area is 74.0 Å². The third-order valence-electron chi connectivity index (χ3n) is 2.60. The van der Waals surface area contributed by atoms with Gasteiger partial charge in [0.15, 0.2) is 0 Å². The average molecular weight is 170 g/mol. The molecule has 12 heavy (non-hydrogen) atoms. The first-order valence-corrected chi connectivity index (χ1v) is 4.95. The van der Waals surface area contributed by atoms with Gasteiger partial charge in [-0.15, -0.1) is 0 Å². The molecule has 0 bridgehead atoms. The van der Waals surface area contributed by atoms with Crippen LogP contribution in [0.15, 0.2) is 0 Å². The van der Waals surface area contributed by atoms with Crippen LogP contribution < -0.4 is 0 Å². The van der Waals surface area contributed by atoms with Crippen LogP contribution in [0.25, 0.3) is 0 Å². The number of aliphatic hydroxyl groups excluding tert-OH is 1. The van der Waals surface area contributed by atoms with E-state index >= 15 is 0 Å². The molecule has 1 saturated carbocycles. The fourth-order valence-corrected chi connectivity index (χ4v) is 1.91. The van der Waals surface area contributed by atoms with Gasteiger partial charge in [-0.1, -0.05) is 25.7 Å². The van der Waals surface area contributed by atoms with Gasteiger partial charge in [-0.2, -0.15) is 0 Å². The molecule has 1 fully saturated rings. The molecule has 0 heterocycles. The minimum absolute atomic E-state index is 0.149. The third-order valence-corrected chi connectivity index (χ3v) is 2.60. The second kappa shape index (κ2) is 5.31. The van der Waals surface area contributed by atoms with Crippen molar-refractivity contribution in [2.45, 2.75) is 44.9 Å². The summed E-state index contributed by atoms with van der Waals surface area (Å²) in [6.45, 7) is 0.149. The second-order valence-corrected chi connectivity index (χ2v) is 3.72. The molecule has 1 aliphatic rings. The highest BCUT2D eigenvalue weighted by Crippen LogP contribution is 2.27. The number of carbonyl (C=O) groups excluding carboxylic acids is 1. The van der Waals surface area contributed by atoms with E-state index < -0.39 is 0 Å². The van der Waals surface area contributed by atoms with Crippen molar-refractivity contribution in [2.75, 3.05) is 6.61 Å². The van der Waals surface area contributed by atoms with Crippen molar-refractivity contribution >= 4 is 5.78 Å². The summed E-state index contributed by atoms with van der Waals surface area (Å²) in [5, 5.41) is 8.52. The van der Waals surface area contributed by atoms with Crippen LogP contribution in [-0.2, 0) is 4.79 Å². The quantitative estimate of drug-likeness (QED) is 0.684. The highest BCUT2D eigenvalue weighted by atomic mass is 16.3. The number of Topliss-reactive ketones (excluding diaryl/α,β-unsaturated/α-hetero) is 1. The Hall–Kier alpha value is -0.370. The molecule has 0 saturated heterocycles. The summed E-state index contributed by atoms with van der Waals surface area (Å²) in [6, 6.07) is 0. The Bertz CT molecular complexity index is 137. The van der Waals surface area contributed by atoms with Gasteiger partial charge in [0.1, 0.15) is 5.78 Å². The summed E-state index contributed by atoms with van der Waals surface area (Å²) in [4.78, 5) is 11.2. The van der Waals surface area contributed by atoms with E-state index in [1.807, 2.05) is 0 Å². The molecule has 1 N–H and O–H groups in total. The maximum atomic E-state index is 11.2. The molecule has 0 atom stereocenters. The Morgan fingerprint density at radius 1 is 1.33 bits per heavy atom. The van der Waals surface area contributed by atoms with E-state index in [-0.39, 0.29) is 6.61 Å². The van der Waals surface area contributed by atoms with Gasteiger partial charge in [0, 0.05) is 19.4 Å². The van der Waals surface area contributed by atoms with Gasteiger partial charge in [-0.25, -0.2) is 0 Å². The van der Waals surface area contributed by atoms with Crippen LogP contribution in [0.4, 0.5) is 0 Å². The van der Waals surface area contributed by atoms with Gasteiger partial charge in [-0.3, -0.25) is 4.79 Å². The molecule has 0 aromatic rings. The molecule has 2 heteroatoms. The molecule has 0 radical (unpaired) electrons. The summed E-state index contributed by atoms with van der Waals surface area (Å²) in [7, 11) is 0. The number of rotatable bonds is 5. The molecule has 0 aromatic heterocycles. The zero-order chi connectivity index (χ0) is 8.81. The molecular formula is C10H18O2. The van der Waals surface area contributed by atoms with Crippen LogP contribution in [0.3, 0.4) is 0 Å². The maximum Gasteiger partial charge on any atom is 0.133 e. The van der Waals surface area contributed by atoms with Gasteiger partial charge < -0.3 is 5.11 Å².